The average Bonchev–Trinajstić information content (AvgIpc) is 2.91. The summed E-state index contributed by atoms with van der Waals surface area (Å²) in [6, 6.07) is 0. The van der Waals surface area contributed by atoms with Crippen molar-refractivity contribution in [3.8, 4) is 0 Å². The number of morpholine rings is 1. The van der Waals surface area contributed by atoms with Gasteiger partial charge in [-0.1, -0.05) is 0 Å². The average molecular weight is 365 g/mol. The van der Waals surface area contributed by atoms with Crippen molar-refractivity contribution >= 4 is 11.9 Å². The molecular formula is C19H31N3O4. The number of carbonyl (C=O) groups excluding carboxylic acids is 2. The van der Waals surface area contributed by atoms with Crippen molar-refractivity contribution in [1.29, 1.82) is 0 Å². The van der Waals surface area contributed by atoms with Gasteiger partial charge in [-0.25, -0.2) is 4.79 Å². The predicted octanol–water partition coefficient (Wildman–Crippen LogP) is 1.58. The number of hydrogen-bond acceptors (Lipinski definition) is 5. The Hall–Kier alpha value is -1.86. The van der Waals surface area contributed by atoms with Crippen LogP contribution in [-0.4, -0.2) is 67.8 Å². The number of aryl methyl sites for hydroxylation is 2. The summed E-state index contributed by atoms with van der Waals surface area (Å²) in [6.07, 6.45) is 1.93. The summed E-state index contributed by atoms with van der Waals surface area (Å²) in [5.41, 5.74) is 3.18. The molecule has 146 valence electrons. The van der Waals surface area contributed by atoms with E-state index in [1.807, 2.05) is 13.8 Å². The van der Waals surface area contributed by atoms with Gasteiger partial charge in [-0.3, -0.25) is 9.69 Å². The molecule has 26 heavy (non-hydrogen) atoms. The largest absolute Gasteiger partial charge is 0.462 e. The molecule has 1 aliphatic heterocycles. The maximum Gasteiger partial charge on any atom is 0.340 e. The van der Waals surface area contributed by atoms with Crippen LogP contribution in [0.3, 0.4) is 0 Å². The maximum atomic E-state index is 12.1. The summed E-state index contributed by atoms with van der Waals surface area (Å²) in [6.45, 7) is 11.1. The Morgan fingerprint density at radius 2 is 2.00 bits per heavy atom. The van der Waals surface area contributed by atoms with E-state index < -0.39 is 0 Å². The molecule has 0 bridgehead atoms. The summed E-state index contributed by atoms with van der Waals surface area (Å²) < 4.78 is 10.4. The molecule has 0 unspecified atom stereocenters. The molecule has 2 N–H and O–H groups in total. The smallest absolute Gasteiger partial charge is 0.340 e. The topological polar surface area (TPSA) is 83.7 Å². The van der Waals surface area contributed by atoms with E-state index in [2.05, 4.69) is 15.2 Å². The van der Waals surface area contributed by atoms with Gasteiger partial charge in [0, 0.05) is 37.4 Å². The third-order valence-corrected chi connectivity index (χ3v) is 4.70. The molecule has 1 aliphatic rings. The molecule has 0 aliphatic carbocycles. The Morgan fingerprint density at radius 3 is 2.69 bits per heavy atom. The van der Waals surface area contributed by atoms with E-state index in [-0.39, 0.29) is 11.9 Å². The summed E-state index contributed by atoms with van der Waals surface area (Å²) in [4.78, 5) is 29.6. The van der Waals surface area contributed by atoms with Gasteiger partial charge in [-0.15, -0.1) is 0 Å². The van der Waals surface area contributed by atoms with Crippen molar-refractivity contribution in [2.24, 2.45) is 0 Å². The third-order valence-electron chi connectivity index (χ3n) is 4.70. The van der Waals surface area contributed by atoms with Gasteiger partial charge in [-0.05, 0) is 45.7 Å². The van der Waals surface area contributed by atoms with E-state index in [1.165, 1.54) is 0 Å². The molecule has 1 aromatic heterocycles. The highest BCUT2D eigenvalue weighted by atomic mass is 16.5. The monoisotopic (exact) mass is 365 g/mol. The standard InChI is InChI=1S/C19H31N3O4/c1-4-26-19(24)18-14(2)16(21-15(18)3)6-7-17(23)20-8-5-9-22-10-12-25-13-11-22/h21H,4-13H2,1-3H3,(H,20,23). The lowest BCUT2D eigenvalue weighted by Gasteiger charge is -2.26. The summed E-state index contributed by atoms with van der Waals surface area (Å²) in [5, 5.41) is 2.97. The molecule has 1 aromatic rings. The minimum atomic E-state index is -0.308. The first-order chi connectivity index (χ1) is 12.5. The van der Waals surface area contributed by atoms with E-state index in [0.717, 1.165) is 56.2 Å². The molecule has 1 amide bonds. The Bertz CT molecular complexity index is 606. The molecule has 7 heteroatoms. The zero-order valence-corrected chi connectivity index (χ0v) is 16.2. The highest BCUT2D eigenvalue weighted by molar-refractivity contribution is 5.92. The molecule has 0 atom stereocenters. The molecule has 7 nitrogen and oxygen atoms in total. The minimum absolute atomic E-state index is 0.0383. The van der Waals surface area contributed by atoms with Crippen LogP contribution >= 0.6 is 0 Å². The first kappa shape index (κ1) is 20.5. The summed E-state index contributed by atoms with van der Waals surface area (Å²) in [5.74, 6) is -0.270. The second-order valence-corrected chi connectivity index (χ2v) is 6.61. The molecular weight excluding hydrogens is 334 g/mol. The van der Waals surface area contributed by atoms with Crippen molar-refractivity contribution in [2.75, 3.05) is 46.0 Å². The maximum absolute atomic E-state index is 12.1. The van der Waals surface area contributed by atoms with Gasteiger partial charge in [-0.2, -0.15) is 0 Å². The van der Waals surface area contributed by atoms with Crippen molar-refractivity contribution in [3.05, 3.63) is 22.5 Å². The van der Waals surface area contributed by atoms with Crippen LogP contribution in [0.15, 0.2) is 0 Å². The fourth-order valence-corrected chi connectivity index (χ4v) is 3.26. The first-order valence-corrected chi connectivity index (χ1v) is 9.44. The van der Waals surface area contributed by atoms with Gasteiger partial charge < -0.3 is 19.8 Å². The van der Waals surface area contributed by atoms with Crippen molar-refractivity contribution in [1.82, 2.24) is 15.2 Å². The molecule has 0 aromatic carbocycles. The van der Waals surface area contributed by atoms with Gasteiger partial charge >= 0.3 is 5.97 Å². The Balaban J connectivity index is 1.71. The van der Waals surface area contributed by atoms with Crippen LogP contribution < -0.4 is 5.32 Å². The number of H-pyrrole nitrogens is 1. The molecule has 2 heterocycles. The second kappa shape index (κ2) is 10.3. The second-order valence-electron chi connectivity index (χ2n) is 6.61. The predicted molar refractivity (Wildman–Crippen MR) is 99.4 cm³/mol. The van der Waals surface area contributed by atoms with Crippen LogP contribution in [0.5, 0.6) is 0 Å². The lowest BCUT2D eigenvalue weighted by molar-refractivity contribution is -0.121. The minimum Gasteiger partial charge on any atom is -0.462 e. The molecule has 0 saturated carbocycles. The van der Waals surface area contributed by atoms with Crippen molar-refractivity contribution in [3.63, 3.8) is 0 Å². The lowest BCUT2D eigenvalue weighted by Crippen LogP contribution is -2.38. The first-order valence-electron chi connectivity index (χ1n) is 9.44. The fourth-order valence-electron chi connectivity index (χ4n) is 3.26. The summed E-state index contributed by atoms with van der Waals surface area (Å²) >= 11 is 0. The van der Waals surface area contributed by atoms with E-state index >= 15 is 0 Å². The van der Waals surface area contributed by atoms with Crippen molar-refractivity contribution < 1.29 is 19.1 Å². The number of carbonyl (C=O) groups is 2. The SMILES string of the molecule is CCOC(=O)c1c(C)[nH]c(CCC(=O)NCCCN2CCOCC2)c1C. The number of aromatic nitrogens is 1. The molecule has 2 rings (SSSR count). The van der Waals surface area contributed by atoms with Crippen LogP contribution in [0.25, 0.3) is 0 Å². The zero-order valence-electron chi connectivity index (χ0n) is 16.2. The Morgan fingerprint density at radius 1 is 1.27 bits per heavy atom. The number of aromatic amines is 1. The number of amides is 1. The number of rotatable bonds is 9. The van der Waals surface area contributed by atoms with E-state index in [9.17, 15) is 9.59 Å². The normalized spacial score (nSPS) is 15.0. The summed E-state index contributed by atoms with van der Waals surface area (Å²) in [7, 11) is 0. The lowest BCUT2D eigenvalue weighted by atomic mass is 10.1. The highest BCUT2D eigenvalue weighted by Gasteiger charge is 2.19. The van der Waals surface area contributed by atoms with Crippen LogP contribution in [0.1, 0.15) is 47.1 Å². The quantitative estimate of drug-likeness (QED) is 0.513. The molecule has 0 spiro atoms. The van der Waals surface area contributed by atoms with Crippen LogP contribution in [0.2, 0.25) is 0 Å². The van der Waals surface area contributed by atoms with Crippen molar-refractivity contribution in [2.45, 2.75) is 40.0 Å². The number of esters is 1. The van der Waals surface area contributed by atoms with E-state index in [0.29, 0.717) is 31.6 Å². The van der Waals surface area contributed by atoms with Gasteiger partial charge in [0.1, 0.15) is 0 Å². The number of ether oxygens (including phenoxy) is 2. The number of nitrogens with one attached hydrogen (secondary N) is 2. The van der Waals surface area contributed by atoms with Gasteiger partial charge in [0.15, 0.2) is 0 Å². The van der Waals surface area contributed by atoms with Crippen LogP contribution in [0.4, 0.5) is 0 Å². The zero-order chi connectivity index (χ0) is 18.9. The van der Waals surface area contributed by atoms with E-state index in [1.54, 1.807) is 6.92 Å². The molecule has 1 fully saturated rings. The highest BCUT2D eigenvalue weighted by Crippen LogP contribution is 2.20. The van der Waals surface area contributed by atoms with Gasteiger partial charge in [0.25, 0.3) is 0 Å². The Labute approximate surface area is 155 Å². The van der Waals surface area contributed by atoms with Crippen LogP contribution in [0, 0.1) is 13.8 Å². The van der Waals surface area contributed by atoms with Gasteiger partial charge in [0.2, 0.25) is 5.91 Å². The Kier molecular flexibility index (Phi) is 8.12. The molecule has 1 saturated heterocycles. The molecule has 0 radical (unpaired) electrons. The number of nitrogens with zero attached hydrogens (tertiary/aromatic N) is 1. The van der Waals surface area contributed by atoms with Gasteiger partial charge in [0.05, 0.1) is 25.4 Å². The fraction of sp³-hybridized carbons (Fsp3) is 0.684. The van der Waals surface area contributed by atoms with E-state index in [4.69, 9.17) is 9.47 Å². The third kappa shape index (κ3) is 5.85. The van der Waals surface area contributed by atoms with Crippen LogP contribution in [-0.2, 0) is 20.7 Å². The number of hydrogen-bond donors (Lipinski definition) is 2.